The third-order valence-electron chi connectivity index (χ3n) is 3.73. The van der Waals surface area contributed by atoms with Crippen molar-refractivity contribution in [3.8, 4) is 0 Å². The molecular formula is C11H19ClSi. The van der Waals surface area contributed by atoms with Gasteiger partial charge in [-0.05, 0) is 30.7 Å². The van der Waals surface area contributed by atoms with Crippen LogP contribution in [0.5, 0.6) is 0 Å². The Bertz CT molecular complexity index is 239. The van der Waals surface area contributed by atoms with Gasteiger partial charge in [0, 0.05) is 0 Å². The summed E-state index contributed by atoms with van der Waals surface area (Å²) in [5, 5.41) is 0.890. The Balaban J connectivity index is 2.10. The van der Waals surface area contributed by atoms with Crippen molar-refractivity contribution in [2.24, 2.45) is 0 Å². The lowest BCUT2D eigenvalue weighted by molar-refractivity contribution is 0.848. The van der Waals surface area contributed by atoms with E-state index in [0.29, 0.717) is 10.4 Å². The van der Waals surface area contributed by atoms with Crippen molar-refractivity contribution in [1.29, 1.82) is 0 Å². The third kappa shape index (κ3) is 1.73. The van der Waals surface area contributed by atoms with Crippen molar-refractivity contribution < 1.29 is 0 Å². The van der Waals surface area contributed by atoms with Gasteiger partial charge in [-0.1, -0.05) is 31.3 Å². The fourth-order valence-corrected chi connectivity index (χ4v) is 6.09. The maximum Gasteiger partial charge on any atom is 0.0551 e. The van der Waals surface area contributed by atoms with Gasteiger partial charge in [0.05, 0.1) is 13.5 Å². The van der Waals surface area contributed by atoms with E-state index in [0.717, 1.165) is 0 Å². The zero-order valence-corrected chi connectivity index (χ0v) is 10.6. The van der Waals surface area contributed by atoms with E-state index in [1.165, 1.54) is 25.7 Å². The Hall–Kier alpha value is 0.247. The topological polar surface area (TPSA) is 0 Å². The average Bonchev–Trinajstić information content (AvgIpc) is 2.80. The SMILES string of the molecule is C[Si](C)(C)C1([C@@H](Cl)C=C2CC2)CC1. The molecule has 0 saturated heterocycles. The minimum atomic E-state index is -1.05. The number of alkyl halides is 1. The molecule has 0 amide bonds. The van der Waals surface area contributed by atoms with Crippen molar-refractivity contribution in [2.75, 3.05) is 0 Å². The number of rotatable bonds is 3. The molecule has 74 valence electrons. The van der Waals surface area contributed by atoms with Crippen LogP contribution in [0.15, 0.2) is 11.6 Å². The largest absolute Gasteiger partial charge is 0.118 e. The van der Waals surface area contributed by atoms with Crippen LogP contribution in [0.2, 0.25) is 24.7 Å². The van der Waals surface area contributed by atoms with E-state index in [2.05, 4.69) is 25.7 Å². The molecule has 2 fully saturated rings. The number of hydrogen-bond acceptors (Lipinski definition) is 0. The van der Waals surface area contributed by atoms with Crippen LogP contribution in [0.25, 0.3) is 0 Å². The first-order valence-electron chi connectivity index (χ1n) is 5.29. The van der Waals surface area contributed by atoms with E-state index in [-0.39, 0.29) is 0 Å². The second kappa shape index (κ2) is 2.87. The molecule has 0 unspecified atom stereocenters. The van der Waals surface area contributed by atoms with Crippen LogP contribution in [0.1, 0.15) is 25.7 Å². The predicted molar refractivity (Wildman–Crippen MR) is 62.2 cm³/mol. The van der Waals surface area contributed by atoms with Gasteiger partial charge in [0.1, 0.15) is 0 Å². The highest BCUT2D eigenvalue weighted by atomic mass is 35.5. The summed E-state index contributed by atoms with van der Waals surface area (Å²) in [7, 11) is -1.05. The number of halogens is 1. The van der Waals surface area contributed by atoms with Gasteiger partial charge in [0.15, 0.2) is 0 Å². The van der Waals surface area contributed by atoms with Crippen LogP contribution >= 0.6 is 11.6 Å². The summed E-state index contributed by atoms with van der Waals surface area (Å²) >= 11 is 6.51. The van der Waals surface area contributed by atoms with Crippen LogP contribution in [0, 0.1) is 0 Å². The molecule has 0 radical (unpaired) electrons. The molecule has 2 saturated carbocycles. The molecule has 0 aromatic heterocycles. The van der Waals surface area contributed by atoms with Crippen molar-refractivity contribution in [3.05, 3.63) is 11.6 Å². The monoisotopic (exact) mass is 214 g/mol. The lowest BCUT2D eigenvalue weighted by Crippen LogP contribution is -2.35. The Morgan fingerprint density at radius 1 is 1.31 bits per heavy atom. The van der Waals surface area contributed by atoms with Gasteiger partial charge in [-0.15, -0.1) is 11.6 Å². The molecule has 0 nitrogen and oxygen atoms in total. The highest BCUT2D eigenvalue weighted by molar-refractivity contribution is 6.81. The Morgan fingerprint density at radius 3 is 2.15 bits per heavy atom. The minimum Gasteiger partial charge on any atom is -0.118 e. The maximum atomic E-state index is 6.51. The highest BCUT2D eigenvalue weighted by Crippen LogP contribution is 2.65. The van der Waals surface area contributed by atoms with Gasteiger partial charge in [-0.3, -0.25) is 0 Å². The Labute approximate surface area is 87.4 Å². The molecule has 0 spiro atoms. The molecule has 2 aliphatic carbocycles. The number of allylic oxidation sites excluding steroid dienone is 2. The van der Waals surface area contributed by atoms with E-state index in [9.17, 15) is 0 Å². The van der Waals surface area contributed by atoms with Gasteiger partial charge in [-0.2, -0.15) is 0 Å². The van der Waals surface area contributed by atoms with Gasteiger partial charge in [0.25, 0.3) is 0 Å². The van der Waals surface area contributed by atoms with Crippen molar-refractivity contribution >= 4 is 19.7 Å². The summed E-state index contributed by atoms with van der Waals surface area (Å²) in [5.74, 6) is 0. The first kappa shape index (κ1) is 9.79. The fourth-order valence-electron chi connectivity index (χ4n) is 2.18. The fraction of sp³-hybridized carbons (Fsp3) is 0.818. The van der Waals surface area contributed by atoms with E-state index in [1.54, 1.807) is 5.57 Å². The lowest BCUT2D eigenvalue weighted by atomic mass is 10.2. The number of hydrogen-bond donors (Lipinski definition) is 0. The van der Waals surface area contributed by atoms with Gasteiger partial charge >= 0.3 is 0 Å². The molecular weight excluding hydrogens is 196 g/mol. The van der Waals surface area contributed by atoms with E-state index in [1.807, 2.05) is 0 Å². The summed E-state index contributed by atoms with van der Waals surface area (Å²) in [6.45, 7) is 7.38. The molecule has 1 atom stereocenters. The molecule has 0 bridgehead atoms. The molecule has 2 rings (SSSR count). The zero-order chi connectivity index (χ0) is 9.69. The summed E-state index contributed by atoms with van der Waals surface area (Å²) in [6.07, 6.45) is 7.73. The van der Waals surface area contributed by atoms with Crippen LogP contribution in [0.4, 0.5) is 0 Å². The Morgan fingerprint density at radius 2 is 1.85 bits per heavy atom. The summed E-state index contributed by atoms with van der Waals surface area (Å²) in [6, 6.07) is 0. The minimum absolute atomic E-state index is 0.344. The zero-order valence-electron chi connectivity index (χ0n) is 8.86. The molecule has 2 aliphatic rings. The smallest absolute Gasteiger partial charge is 0.0551 e. The first-order valence-corrected chi connectivity index (χ1v) is 9.23. The Kier molecular flexibility index (Phi) is 2.16. The van der Waals surface area contributed by atoms with Crippen LogP contribution in [-0.4, -0.2) is 13.5 Å². The van der Waals surface area contributed by atoms with Crippen molar-refractivity contribution in [1.82, 2.24) is 0 Å². The second-order valence-corrected chi connectivity index (χ2v) is 11.6. The van der Waals surface area contributed by atoms with Gasteiger partial charge in [0.2, 0.25) is 0 Å². The van der Waals surface area contributed by atoms with E-state index in [4.69, 9.17) is 11.6 Å². The van der Waals surface area contributed by atoms with Crippen LogP contribution in [0.3, 0.4) is 0 Å². The van der Waals surface area contributed by atoms with Crippen molar-refractivity contribution in [2.45, 2.75) is 55.7 Å². The normalized spacial score (nSPS) is 26.9. The molecule has 13 heavy (non-hydrogen) atoms. The van der Waals surface area contributed by atoms with E-state index >= 15 is 0 Å². The summed E-state index contributed by atoms with van der Waals surface area (Å²) < 4.78 is 0. The van der Waals surface area contributed by atoms with Crippen molar-refractivity contribution in [3.63, 3.8) is 0 Å². The van der Waals surface area contributed by atoms with Crippen LogP contribution in [-0.2, 0) is 0 Å². The standard InChI is InChI=1S/C11H19ClSi/c1-13(2,3)11(6-7-11)10(12)8-9-4-5-9/h8,10H,4-7H2,1-3H3/t10-/m0/s1. The quantitative estimate of drug-likeness (QED) is 0.376. The highest BCUT2D eigenvalue weighted by Gasteiger charge is 2.56. The molecule has 0 aromatic rings. The molecule has 2 heteroatoms. The van der Waals surface area contributed by atoms with Gasteiger partial charge in [-0.25, -0.2) is 0 Å². The lowest BCUT2D eigenvalue weighted by Gasteiger charge is -2.31. The third-order valence-corrected chi connectivity index (χ3v) is 8.26. The predicted octanol–water partition coefficient (Wildman–Crippen LogP) is 4.19. The molecule has 0 aliphatic heterocycles. The summed E-state index contributed by atoms with van der Waals surface area (Å²) in [4.78, 5) is 0. The first-order chi connectivity index (χ1) is 5.96. The molecule has 0 heterocycles. The molecule has 0 aromatic carbocycles. The average molecular weight is 215 g/mol. The molecule has 0 N–H and O–H groups in total. The van der Waals surface area contributed by atoms with Gasteiger partial charge < -0.3 is 0 Å². The summed E-state index contributed by atoms with van der Waals surface area (Å²) in [5.41, 5.74) is 1.60. The van der Waals surface area contributed by atoms with Crippen LogP contribution < -0.4 is 0 Å². The maximum absolute atomic E-state index is 6.51. The second-order valence-electron chi connectivity index (χ2n) is 5.63. The van der Waals surface area contributed by atoms with E-state index < -0.39 is 8.07 Å².